The smallest absolute Gasteiger partial charge is 0.253 e. The van der Waals surface area contributed by atoms with E-state index in [9.17, 15) is 9.59 Å². The van der Waals surface area contributed by atoms with Gasteiger partial charge in [0.25, 0.3) is 5.91 Å². The van der Waals surface area contributed by atoms with Crippen molar-refractivity contribution in [3.8, 4) is 0 Å². The lowest BCUT2D eigenvalue weighted by Crippen LogP contribution is -2.67. The molecule has 1 N–H and O–H groups in total. The van der Waals surface area contributed by atoms with Crippen LogP contribution in [0.25, 0.3) is 0 Å². The summed E-state index contributed by atoms with van der Waals surface area (Å²) in [4.78, 5) is 30.3. The number of nitrogens with one attached hydrogen (secondary N) is 1. The maximum atomic E-state index is 12.2. The van der Waals surface area contributed by atoms with Crippen molar-refractivity contribution in [2.45, 2.75) is 44.1 Å². The SMILES string of the molecule is CCCCN1CC(N2CCN(CC(=O)N(C)C)C[C@H]2C)C(Cl)C(=O)N1. The molecule has 2 amide bonds. The van der Waals surface area contributed by atoms with Crippen LogP contribution in [0.4, 0.5) is 0 Å². The number of rotatable bonds is 6. The molecule has 2 rings (SSSR count). The topological polar surface area (TPSA) is 59.1 Å². The standard InChI is InChI=1S/C17H32ClN5O2/c1-5-6-7-22-11-14(16(18)17(25)19-22)23-9-8-21(10-13(23)2)12-15(24)20(3)4/h13-14,16H,5-12H2,1-4H3,(H,19,25)/t13-,14?,16?/m1/s1. The summed E-state index contributed by atoms with van der Waals surface area (Å²) in [5, 5.41) is 1.47. The molecule has 7 nitrogen and oxygen atoms in total. The Balaban J connectivity index is 1.95. The summed E-state index contributed by atoms with van der Waals surface area (Å²) in [7, 11) is 3.57. The third-order valence-corrected chi connectivity index (χ3v) is 5.58. The second-order valence-corrected chi connectivity index (χ2v) is 7.83. The third-order valence-electron chi connectivity index (χ3n) is 5.09. The van der Waals surface area contributed by atoms with E-state index in [1.807, 2.05) is 5.01 Å². The van der Waals surface area contributed by atoms with Gasteiger partial charge >= 0.3 is 0 Å². The Morgan fingerprint density at radius 2 is 2.04 bits per heavy atom. The number of hydrogen-bond acceptors (Lipinski definition) is 5. The molecule has 0 aromatic heterocycles. The largest absolute Gasteiger partial charge is 0.348 e. The molecule has 0 radical (unpaired) electrons. The van der Waals surface area contributed by atoms with Gasteiger partial charge in [-0.15, -0.1) is 11.6 Å². The molecule has 25 heavy (non-hydrogen) atoms. The van der Waals surface area contributed by atoms with E-state index < -0.39 is 5.38 Å². The van der Waals surface area contributed by atoms with E-state index in [2.05, 4.69) is 29.1 Å². The van der Waals surface area contributed by atoms with Crippen molar-refractivity contribution in [2.24, 2.45) is 0 Å². The summed E-state index contributed by atoms with van der Waals surface area (Å²) in [5.41, 5.74) is 2.91. The Hall–Kier alpha value is -0.890. The Labute approximate surface area is 156 Å². The molecule has 2 aliphatic heterocycles. The Kier molecular flexibility index (Phi) is 7.49. The van der Waals surface area contributed by atoms with E-state index in [-0.39, 0.29) is 23.9 Å². The second-order valence-electron chi connectivity index (χ2n) is 7.35. The zero-order valence-electron chi connectivity index (χ0n) is 15.9. The van der Waals surface area contributed by atoms with Crippen molar-refractivity contribution < 1.29 is 9.59 Å². The minimum absolute atomic E-state index is 0.00831. The number of carbonyl (C=O) groups excluding carboxylic acids is 2. The monoisotopic (exact) mass is 373 g/mol. The zero-order valence-corrected chi connectivity index (χ0v) is 16.6. The average molecular weight is 374 g/mol. The van der Waals surface area contributed by atoms with Crippen molar-refractivity contribution >= 4 is 23.4 Å². The van der Waals surface area contributed by atoms with Gasteiger partial charge in [0.05, 0.1) is 6.54 Å². The quantitative estimate of drug-likeness (QED) is 0.674. The highest BCUT2D eigenvalue weighted by Crippen LogP contribution is 2.22. The molecule has 2 heterocycles. The summed E-state index contributed by atoms with van der Waals surface area (Å²) in [6.07, 6.45) is 2.15. The minimum Gasteiger partial charge on any atom is -0.348 e. The first kappa shape index (κ1) is 20.4. The predicted octanol–water partition coefficient (Wildman–Crippen LogP) is 0.204. The van der Waals surface area contributed by atoms with Crippen LogP contribution in [0, 0.1) is 0 Å². The van der Waals surface area contributed by atoms with Gasteiger partial charge in [0, 0.05) is 58.9 Å². The number of hydrogen-bond donors (Lipinski definition) is 1. The van der Waals surface area contributed by atoms with E-state index >= 15 is 0 Å². The molecule has 3 atom stereocenters. The van der Waals surface area contributed by atoms with Crippen molar-refractivity contribution in [1.82, 2.24) is 25.1 Å². The molecule has 2 saturated heterocycles. The van der Waals surface area contributed by atoms with Crippen LogP contribution in [0.3, 0.4) is 0 Å². The molecule has 8 heteroatoms. The molecular formula is C17H32ClN5O2. The molecule has 0 aromatic rings. The molecule has 0 bridgehead atoms. The first-order chi connectivity index (χ1) is 11.8. The van der Waals surface area contributed by atoms with Crippen molar-refractivity contribution in [2.75, 3.05) is 53.4 Å². The Morgan fingerprint density at radius 3 is 2.64 bits per heavy atom. The van der Waals surface area contributed by atoms with Gasteiger partial charge in [0.2, 0.25) is 5.91 Å². The maximum absolute atomic E-state index is 12.2. The van der Waals surface area contributed by atoms with E-state index in [1.54, 1.807) is 19.0 Å². The summed E-state index contributed by atoms with van der Waals surface area (Å²) in [6.45, 7) is 8.81. The number of unbranched alkanes of at least 4 members (excludes halogenated alkanes) is 1. The van der Waals surface area contributed by atoms with Crippen LogP contribution in [0.1, 0.15) is 26.7 Å². The van der Waals surface area contributed by atoms with Crippen LogP contribution in [-0.2, 0) is 9.59 Å². The molecule has 0 aliphatic carbocycles. The van der Waals surface area contributed by atoms with E-state index in [0.29, 0.717) is 6.54 Å². The fraction of sp³-hybridized carbons (Fsp3) is 0.882. The van der Waals surface area contributed by atoms with Gasteiger partial charge in [-0.1, -0.05) is 13.3 Å². The van der Waals surface area contributed by atoms with Crippen LogP contribution >= 0.6 is 11.6 Å². The van der Waals surface area contributed by atoms with Gasteiger partial charge < -0.3 is 4.90 Å². The number of hydrazine groups is 1. The number of nitrogens with zero attached hydrogens (tertiary/aromatic N) is 4. The average Bonchev–Trinajstić information content (AvgIpc) is 2.56. The summed E-state index contributed by atoms with van der Waals surface area (Å²) >= 11 is 6.44. The van der Waals surface area contributed by atoms with E-state index in [0.717, 1.165) is 45.6 Å². The number of likely N-dealkylation sites (N-methyl/N-ethyl adjacent to an activating group) is 1. The lowest BCUT2D eigenvalue weighted by atomic mass is 10.0. The molecule has 0 saturated carbocycles. The maximum Gasteiger partial charge on any atom is 0.253 e. The van der Waals surface area contributed by atoms with Gasteiger partial charge in [0.1, 0.15) is 5.38 Å². The lowest BCUT2D eigenvalue weighted by Gasteiger charge is -2.48. The van der Waals surface area contributed by atoms with Crippen LogP contribution in [-0.4, -0.2) is 102 Å². The number of piperazine rings is 1. The van der Waals surface area contributed by atoms with E-state index in [4.69, 9.17) is 11.6 Å². The first-order valence-corrected chi connectivity index (χ1v) is 9.64. The molecule has 144 valence electrons. The number of amides is 2. The van der Waals surface area contributed by atoms with Crippen molar-refractivity contribution in [1.29, 1.82) is 0 Å². The van der Waals surface area contributed by atoms with Gasteiger partial charge in [0.15, 0.2) is 0 Å². The number of carbonyl (C=O) groups is 2. The molecular weight excluding hydrogens is 342 g/mol. The van der Waals surface area contributed by atoms with Crippen LogP contribution in [0.15, 0.2) is 0 Å². The van der Waals surface area contributed by atoms with Gasteiger partial charge in [-0.25, -0.2) is 5.01 Å². The highest BCUT2D eigenvalue weighted by molar-refractivity contribution is 6.31. The van der Waals surface area contributed by atoms with Crippen LogP contribution in [0.2, 0.25) is 0 Å². The summed E-state index contributed by atoms with van der Waals surface area (Å²) in [6, 6.07) is 0.267. The number of halogens is 1. The van der Waals surface area contributed by atoms with Gasteiger partial charge in [-0.3, -0.25) is 24.8 Å². The summed E-state index contributed by atoms with van der Waals surface area (Å²) in [5.74, 6) is 0.0186. The minimum atomic E-state index is -0.532. The third kappa shape index (κ3) is 5.29. The molecule has 0 spiro atoms. The fourth-order valence-electron chi connectivity index (χ4n) is 3.54. The first-order valence-electron chi connectivity index (χ1n) is 9.21. The highest BCUT2D eigenvalue weighted by atomic mass is 35.5. The fourth-order valence-corrected chi connectivity index (χ4v) is 3.81. The van der Waals surface area contributed by atoms with Gasteiger partial charge in [-0.2, -0.15) is 0 Å². The second kappa shape index (κ2) is 9.16. The van der Waals surface area contributed by atoms with Crippen LogP contribution < -0.4 is 5.43 Å². The molecule has 2 unspecified atom stereocenters. The number of alkyl halides is 1. The predicted molar refractivity (Wildman–Crippen MR) is 99.4 cm³/mol. The van der Waals surface area contributed by atoms with Crippen molar-refractivity contribution in [3.63, 3.8) is 0 Å². The van der Waals surface area contributed by atoms with Crippen LogP contribution in [0.5, 0.6) is 0 Å². The normalized spacial score (nSPS) is 29.5. The lowest BCUT2D eigenvalue weighted by molar-refractivity contribution is -0.133. The highest BCUT2D eigenvalue weighted by Gasteiger charge is 2.41. The van der Waals surface area contributed by atoms with Crippen molar-refractivity contribution in [3.05, 3.63) is 0 Å². The Morgan fingerprint density at radius 1 is 1.32 bits per heavy atom. The Bertz CT molecular complexity index is 476. The van der Waals surface area contributed by atoms with E-state index in [1.165, 1.54) is 0 Å². The summed E-state index contributed by atoms with van der Waals surface area (Å²) < 4.78 is 0. The zero-order chi connectivity index (χ0) is 18.6. The molecule has 0 aromatic carbocycles. The molecule has 2 aliphatic rings. The van der Waals surface area contributed by atoms with Gasteiger partial charge in [-0.05, 0) is 13.3 Å². The molecule has 2 fully saturated rings.